The second-order valence-electron chi connectivity index (χ2n) is 5.29. The van der Waals surface area contributed by atoms with Crippen LogP contribution >= 0.6 is 0 Å². The van der Waals surface area contributed by atoms with Crippen molar-refractivity contribution in [2.75, 3.05) is 19.6 Å². The number of aromatic nitrogens is 1. The van der Waals surface area contributed by atoms with Gasteiger partial charge in [0.15, 0.2) is 0 Å². The summed E-state index contributed by atoms with van der Waals surface area (Å²) < 4.78 is 27.0. The van der Waals surface area contributed by atoms with Crippen LogP contribution in [0.4, 0.5) is 0 Å². The van der Waals surface area contributed by atoms with Gasteiger partial charge < -0.3 is 0 Å². The van der Waals surface area contributed by atoms with E-state index in [1.165, 1.54) is 37.6 Å². The minimum Gasteiger partial charge on any atom is -0.299 e. The van der Waals surface area contributed by atoms with Crippen LogP contribution < -0.4 is 4.72 Å². The zero-order valence-electron chi connectivity index (χ0n) is 12.1. The fourth-order valence-corrected chi connectivity index (χ4v) is 3.47. The molecule has 1 aliphatic heterocycles. The van der Waals surface area contributed by atoms with Gasteiger partial charge in [-0.15, -0.1) is 0 Å². The monoisotopic (exact) mass is 308 g/mol. The molecule has 21 heavy (non-hydrogen) atoms. The molecule has 1 unspecified atom stereocenters. The fourth-order valence-electron chi connectivity index (χ4n) is 2.41. The Morgan fingerprint density at radius 2 is 2.10 bits per heavy atom. The first kappa shape index (κ1) is 15.9. The van der Waals surface area contributed by atoms with Crippen LogP contribution in [0.5, 0.6) is 0 Å². The van der Waals surface area contributed by atoms with Crippen LogP contribution in [-0.4, -0.2) is 44.0 Å². The molecule has 6 nitrogen and oxygen atoms in total. The van der Waals surface area contributed by atoms with Crippen molar-refractivity contribution in [1.29, 1.82) is 5.26 Å². The average Bonchev–Trinajstić information content (AvgIpc) is 2.53. The maximum atomic E-state index is 12.2. The number of rotatable bonds is 5. The summed E-state index contributed by atoms with van der Waals surface area (Å²) in [5.74, 6) is 0. The van der Waals surface area contributed by atoms with Gasteiger partial charge in [-0.25, -0.2) is 18.1 Å². The summed E-state index contributed by atoms with van der Waals surface area (Å²) in [4.78, 5) is 6.19. The van der Waals surface area contributed by atoms with Gasteiger partial charge in [-0.05, 0) is 45.0 Å². The zero-order chi connectivity index (χ0) is 15.3. The standard InChI is InChI=1S/C14H20N4O2S/c1-12(18-7-3-2-4-8-18)10-17-21(19,20)14-6-5-13(9-15)16-11-14/h5-6,11-12,17H,2-4,7-8,10H2,1H3. The first-order valence-electron chi connectivity index (χ1n) is 7.13. The van der Waals surface area contributed by atoms with Crippen molar-refractivity contribution in [3.63, 3.8) is 0 Å². The molecule has 2 rings (SSSR count). The van der Waals surface area contributed by atoms with E-state index >= 15 is 0 Å². The number of hydrogen-bond donors (Lipinski definition) is 1. The number of pyridine rings is 1. The molecule has 0 amide bonds. The van der Waals surface area contributed by atoms with E-state index in [-0.39, 0.29) is 16.6 Å². The maximum Gasteiger partial charge on any atom is 0.242 e. The first-order chi connectivity index (χ1) is 10.0. The Balaban J connectivity index is 1.95. The van der Waals surface area contributed by atoms with E-state index < -0.39 is 10.0 Å². The van der Waals surface area contributed by atoms with Gasteiger partial charge in [0, 0.05) is 18.8 Å². The summed E-state index contributed by atoms with van der Waals surface area (Å²) in [5.41, 5.74) is 0.204. The van der Waals surface area contributed by atoms with Crippen LogP contribution in [0.15, 0.2) is 23.2 Å². The molecular weight excluding hydrogens is 288 g/mol. The lowest BCUT2D eigenvalue weighted by atomic mass is 10.1. The zero-order valence-corrected chi connectivity index (χ0v) is 12.9. The molecule has 0 aliphatic carbocycles. The maximum absolute atomic E-state index is 12.2. The van der Waals surface area contributed by atoms with Crippen molar-refractivity contribution in [2.45, 2.75) is 37.1 Å². The van der Waals surface area contributed by atoms with Crippen molar-refractivity contribution < 1.29 is 8.42 Å². The van der Waals surface area contributed by atoms with Crippen LogP contribution in [-0.2, 0) is 10.0 Å². The van der Waals surface area contributed by atoms with Gasteiger partial charge in [0.05, 0.1) is 0 Å². The highest BCUT2D eigenvalue weighted by molar-refractivity contribution is 7.89. The Morgan fingerprint density at radius 1 is 1.38 bits per heavy atom. The Bertz CT molecular complexity index is 601. The number of likely N-dealkylation sites (tertiary alicyclic amines) is 1. The molecule has 0 aromatic carbocycles. The molecule has 0 radical (unpaired) electrons. The van der Waals surface area contributed by atoms with E-state index in [4.69, 9.17) is 5.26 Å². The fraction of sp³-hybridized carbons (Fsp3) is 0.571. The number of hydrogen-bond acceptors (Lipinski definition) is 5. The lowest BCUT2D eigenvalue weighted by Crippen LogP contribution is -2.44. The van der Waals surface area contributed by atoms with Gasteiger partial charge in [0.25, 0.3) is 0 Å². The van der Waals surface area contributed by atoms with E-state index in [0.717, 1.165) is 13.1 Å². The van der Waals surface area contributed by atoms with Crippen LogP contribution in [0.2, 0.25) is 0 Å². The summed E-state index contributed by atoms with van der Waals surface area (Å²) >= 11 is 0. The van der Waals surface area contributed by atoms with Crippen LogP contribution in [0.3, 0.4) is 0 Å². The van der Waals surface area contributed by atoms with Gasteiger partial charge in [-0.2, -0.15) is 5.26 Å². The number of nitriles is 1. The van der Waals surface area contributed by atoms with E-state index in [2.05, 4.69) is 14.6 Å². The van der Waals surface area contributed by atoms with Crippen molar-refractivity contribution >= 4 is 10.0 Å². The third-order valence-electron chi connectivity index (χ3n) is 3.74. The molecule has 0 bridgehead atoms. The highest BCUT2D eigenvalue weighted by Gasteiger charge is 2.20. The predicted molar refractivity (Wildman–Crippen MR) is 79.0 cm³/mol. The smallest absolute Gasteiger partial charge is 0.242 e. The lowest BCUT2D eigenvalue weighted by molar-refractivity contribution is 0.175. The molecule has 2 heterocycles. The topological polar surface area (TPSA) is 86.1 Å². The molecule has 1 atom stereocenters. The molecule has 7 heteroatoms. The average molecular weight is 308 g/mol. The highest BCUT2D eigenvalue weighted by Crippen LogP contribution is 2.12. The Hall–Kier alpha value is -1.49. The third kappa shape index (κ3) is 4.24. The molecule has 0 spiro atoms. The molecular formula is C14H20N4O2S. The molecule has 0 saturated carbocycles. The van der Waals surface area contributed by atoms with Gasteiger partial charge in [0.1, 0.15) is 16.7 Å². The van der Waals surface area contributed by atoms with E-state index in [1.54, 1.807) is 0 Å². The largest absolute Gasteiger partial charge is 0.299 e. The van der Waals surface area contributed by atoms with E-state index in [9.17, 15) is 8.42 Å². The molecule has 1 aliphatic rings. The molecule has 1 aromatic heterocycles. The lowest BCUT2D eigenvalue weighted by Gasteiger charge is -2.32. The minimum absolute atomic E-state index is 0.0901. The molecule has 1 fully saturated rings. The molecule has 1 saturated heterocycles. The molecule has 1 aromatic rings. The van der Waals surface area contributed by atoms with Crippen molar-refractivity contribution in [3.05, 3.63) is 24.0 Å². The second kappa shape index (κ2) is 6.98. The van der Waals surface area contributed by atoms with E-state index in [1.807, 2.05) is 13.0 Å². The predicted octanol–water partition coefficient (Wildman–Crippen LogP) is 1.11. The van der Waals surface area contributed by atoms with Crippen molar-refractivity contribution in [2.24, 2.45) is 0 Å². The number of nitrogens with zero attached hydrogens (tertiary/aromatic N) is 3. The Kier molecular flexibility index (Phi) is 5.28. The van der Waals surface area contributed by atoms with Crippen LogP contribution in [0.1, 0.15) is 31.9 Å². The Labute approximate surface area is 125 Å². The summed E-state index contributed by atoms with van der Waals surface area (Å²) in [7, 11) is -3.57. The van der Waals surface area contributed by atoms with Gasteiger partial charge in [0.2, 0.25) is 10.0 Å². The first-order valence-corrected chi connectivity index (χ1v) is 8.61. The second-order valence-corrected chi connectivity index (χ2v) is 7.06. The summed E-state index contributed by atoms with van der Waals surface area (Å²) in [6.45, 7) is 4.47. The number of piperidine rings is 1. The quantitative estimate of drug-likeness (QED) is 0.880. The van der Waals surface area contributed by atoms with Gasteiger partial charge in [-0.3, -0.25) is 4.90 Å². The van der Waals surface area contributed by atoms with E-state index in [0.29, 0.717) is 6.54 Å². The number of nitrogens with one attached hydrogen (secondary N) is 1. The number of sulfonamides is 1. The summed E-state index contributed by atoms with van der Waals surface area (Å²) in [6.07, 6.45) is 4.82. The van der Waals surface area contributed by atoms with Crippen molar-refractivity contribution in [3.8, 4) is 6.07 Å². The molecule has 1 N–H and O–H groups in total. The Morgan fingerprint density at radius 3 is 2.67 bits per heavy atom. The van der Waals surface area contributed by atoms with Crippen LogP contribution in [0.25, 0.3) is 0 Å². The summed E-state index contributed by atoms with van der Waals surface area (Å²) in [6, 6.07) is 4.85. The molecule has 114 valence electrons. The normalized spacial score (nSPS) is 18.1. The van der Waals surface area contributed by atoms with Crippen LogP contribution in [0, 0.1) is 11.3 Å². The summed E-state index contributed by atoms with van der Waals surface area (Å²) in [5, 5.41) is 8.67. The van der Waals surface area contributed by atoms with Gasteiger partial charge >= 0.3 is 0 Å². The highest BCUT2D eigenvalue weighted by atomic mass is 32.2. The SMILES string of the molecule is CC(CNS(=O)(=O)c1ccc(C#N)nc1)N1CCCCC1. The minimum atomic E-state index is -3.57. The van der Waals surface area contributed by atoms with Gasteiger partial charge in [-0.1, -0.05) is 6.42 Å². The third-order valence-corrected chi connectivity index (χ3v) is 5.15. The van der Waals surface area contributed by atoms with Crippen molar-refractivity contribution in [1.82, 2.24) is 14.6 Å².